The fourth-order valence-corrected chi connectivity index (χ4v) is 4.54. The summed E-state index contributed by atoms with van der Waals surface area (Å²) in [5.74, 6) is 0.202. The third kappa shape index (κ3) is 6.77. The van der Waals surface area contributed by atoms with Gasteiger partial charge in [-0.2, -0.15) is 0 Å². The van der Waals surface area contributed by atoms with Crippen LogP contribution in [0.3, 0.4) is 0 Å². The number of rotatable bonds is 11. The first-order valence-corrected chi connectivity index (χ1v) is 13.2. The van der Waals surface area contributed by atoms with Gasteiger partial charge in [0.25, 0.3) is 0 Å². The van der Waals surface area contributed by atoms with Gasteiger partial charge in [-0.05, 0) is 50.9 Å². The van der Waals surface area contributed by atoms with Crippen LogP contribution in [0.4, 0.5) is 27.4 Å². The van der Waals surface area contributed by atoms with Crippen molar-refractivity contribution in [2.24, 2.45) is 0 Å². The van der Waals surface area contributed by atoms with Gasteiger partial charge in [0, 0.05) is 38.0 Å². The Kier molecular flexibility index (Phi) is 9.02. The summed E-state index contributed by atoms with van der Waals surface area (Å²) in [5, 5.41) is 15.7. The topological polar surface area (TPSA) is 108 Å². The molecular weight excluding hydrogens is 531 g/mol. The van der Waals surface area contributed by atoms with Crippen LogP contribution < -0.4 is 20.3 Å². The molecule has 208 valence electrons. The minimum Gasteiger partial charge on any atom is -0.494 e. The van der Waals surface area contributed by atoms with Crippen molar-refractivity contribution in [2.45, 2.75) is 6.92 Å². The molecular formula is C28H31FN8O2S. The van der Waals surface area contributed by atoms with Crippen LogP contribution in [0.25, 0.3) is 21.3 Å². The van der Waals surface area contributed by atoms with Gasteiger partial charge in [0.2, 0.25) is 11.9 Å². The van der Waals surface area contributed by atoms with E-state index in [1.807, 2.05) is 38.2 Å². The van der Waals surface area contributed by atoms with E-state index < -0.39 is 0 Å². The molecule has 0 saturated carbocycles. The molecule has 2 N–H and O–H groups in total. The highest BCUT2D eigenvalue weighted by Crippen LogP contribution is 2.38. The summed E-state index contributed by atoms with van der Waals surface area (Å²) in [5.41, 5.74) is 3.67. The second-order valence-corrected chi connectivity index (χ2v) is 10.2. The predicted octanol–water partition coefficient (Wildman–Crippen LogP) is 4.98. The molecule has 0 spiro atoms. The van der Waals surface area contributed by atoms with Crippen molar-refractivity contribution in [3.05, 3.63) is 66.6 Å². The lowest BCUT2D eigenvalue weighted by molar-refractivity contribution is -0.111. The maximum atomic E-state index is 14.1. The Labute approximate surface area is 236 Å². The second kappa shape index (κ2) is 12.6. The summed E-state index contributed by atoms with van der Waals surface area (Å²) in [7, 11) is 7.52. The van der Waals surface area contributed by atoms with Gasteiger partial charge in [-0.1, -0.05) is 30.0 Å². The van der Waals surface area contributed by atoms with Crippen LogP contribution in [0.1, 0.15) is 5.56 Å². The second-order valence-electron chi connectivity index (χ2n) is 9.25. The van der Waals surface area contributed by atoms with Gasteiger partial charge >= 0.3 is 0 Å². The van der Waals surface area contributed by atoms with Crippen LogP contribution in [-0.2, 0) is 4.79 Å². The molecule has 1 amide bonds. The predicted molar refractivity (Wildman–Crippen MR) is 158 cm³/mol. The first kappa shape index (κ1) is 28.6. The summed E-state index contributed by atoms with van der Waals surface area (Å²) in [6, 6.07) is 10.3. The number of nitrogens with zero attached hydrogens (tertiary/aromatic N) is 6. The van der Waals surface area contributed by atoms with E-state index in [2.05, 4.69) is 42.3 Å². The van der Waals surface area contributed by atoms with Crippen LogP contribution in [0.5, 0.6) is 5.75 Å². The van der Waals surface area contributed by atoms with Crippen molar-refractivity contribution < 1.29 is 13.9 Å². The number of benzene rings is 2. The molecule has 4 aromatic rings. The van der Waals surface area contributed by atoms with Crippen molar-refractivity contribution in [3.8, 4) is 27.0 Å². The maximum absolute atomic E-state index is 14.1. The quantitative estimate of drug-likeness (QED) is 0.245. The molecule has 0 aliphatic rings. The van der Waals surface area contributed by atoms with E-state index in [1.165, 1.54) is 23.5 Å². The molecule has 0 unspecified atom stereocenters. The molecule has 2 aromatic heterocycles. The molecule has 2 aromatic carbocycles. The van der Waals surface area contributed by atoms with E-state index in [0.29, 0.717) is 49.9 Å². The highest BCUT2D eigenvalue weighted by atomic mass is 32.1. The fourth-order valence-electron chi connectivity index (χ4n) is 3.73. The van der Waals surface area contributed by atoms with Gasteiger partial charge in [0.15, 0.2) is 5.01 Å². The minimum absolute atomic E-state index is 0.295. The molecule has 12 heteroatoms. The van der Waals surface area contributed by atoms with Crippen molar-refractivity contribution in [3.63, 3.8) is 0 Å². The Hall–Kier alpha value is -4.42. The van der Waals surface area contributed by atoms with E-state index in [0.717, 1.165) is 18.8 Å². The molecule has 0 fully saturated rings. The molecule has 0 saturated heterocycles. The number of nitrogens with one attached hydrogen (secondary N) is 2. The number of aromatic nitrogens is 4. The first-order valence-electron chi connectivity index (χ1n) is 12.4. The zero-order chi connectivity index (χ0) is 28.8. The Bertz CT molecular complexity index is 1520. The summed E-state index contributed by atoms with van der Waals surface area (Å²) in [4.78, 5) is 25.3. The lowest BCUT2D eigenvalue weighted by atomic mass is 10.1. The summed E-state index contributed by atoms with van der Waals surface area (Å²) >= 11 is 1.30. The minimum atomic E-state index is -0.336. The van der Waals surface area contributed by atoms with Gasteiger partial charge in [0.05, 0.1) is 24.2 Å². The number of carbonyl (C=O) groups is 1. The number of anilines is 4. The molecule has 2 heterocycles. The van der Waals surface area contributed by atoms with E-state index in [4.69, 9.17) is 4.74 Å². The zero-order valence-electron chi connectivity index (χ0n) is 23.0. The SMILES string of the molecule is C=CC(=O)Nc1cc(Nc2nccc(-c3nnc(-c4ccc(C)c(F)c4)s3)n2)c(OC)cc1N(C)CCN(C)C. The molecule has 0 aliphatic heterocycles. The number of carbonyl (C=O) groups excluding carboxylic acids is 1. The van der Waals surface area contributed by atoms with Gasteiger partial charge < -0.3 is 25.2 Å². The lowest BCUT2D eigenvalue weighted by Crippen LogP contribution is -2.29. The van der Waals surface area contributed by atoms with E-state index in [1.54, 1.807) is 38.4 Å². The smallest absolute Gasteiger partial charge is 0.247 e. The van der Waals surface area contributed by atoms with Gasteiger partial charge in [-0.25, -0.2) is 14.4 Å². The lowest BCUT2D eigenvalue weighted by Gasteiger charge is -2.26. The Morgan fingerprint density at radius 2 is 1.88 bits per heavy atom. The standard InChI is InChI=1S/C28H31FN8O2S/c1-7-25(38)31-21-15-22(24(39-6)16-23(21)37(5)13-12-36(3)4)33-28-30-11-10-20(32-28)27-35-34-26(40-27)18-9-8-17(2)19(29)14-18/h7-11,14-16H,1,12-13H2,2-6H3,(H,31,38)(H,30,32,33). The number of hydrogen-bond donors (Lipinski definition) is 2. The molecule has 10 nitrogen and oxygen atoms in total. The summed E-state index contributed by atoms with van der Waals surface area (Å²) in [6.07, 6.45) is 2.82. The normalized spacial score (nSPS) is 10.9. The third-order valence-corrected chi connectivity index (χ3v) is 7.01. The molecule has 0 atom stereocenters. The number of aryl methyl sites for hydroxylation is 1. The highest BCUT2D eigenvalue weighted by Gasteiger charge is 2.17. The molecule has 0 aliphatic carbocycles. The molecule has 0 bridgehead atoms. The molecule has 4 rings (SSSR count). The van der Waals surface area contributed by atoms with Gasteiger partial charge in [0.1, 0.15) is 22.3 Å². The maximum Gasteiger partial charge on any atom is 0.247 e. The summed E-state index contributed by atoms with van der Waals surface area (Å²) in [6.45, 7) is 6.82. The monoisotopic (exact) mass is 562 g/mol. The van der Waals surface area contributed by atoms with Crippen molar-refractivity contribution in [2.75, 3.05) is 56.9 Å². The van der Waals surface area contributed by atoms with Crippen molar-refractivity contribution in [1.82, 2.24) is 25.1 Å². The van der Waals surface area contributed by atoms with Gasteiger partial charge in [-0.3, -0.25) is 4.79 Å². The number of methoxy groups -OCH3 is 1. The van der Waals surface area contributed by atoms with Crippen molar-refractivity contribution in [1.29, 1.82) is 0 Å². The van der Waals surface area contributed by atoms with Crippen LogP contribution in [0, 0.1) is 12.7 Å². The Morgan fingerprint density at radius 1 is 1.10 bits per heavy atom. The summed E-state index contributed by atoms with van der Waals surface area (Å²) < 4.78 is 19.7. The molecule has 40 heavy (non-hydrogen) atoms. The zero-order valence-corrected chi connectivity index (χ0v) is 23.8. The van der Waals surface area contributed by atoms with Crippen LogP contribution >= 0.6 is 11.3 Å². The number of halogens is 1. The Balaban J connectivity index is 1.64. The number of hydrogen-bond acceptors (Lipinski definition) is 10. The third-order valence-electron chi connectivity index (χ3n) is 6.02. The van der Waals surface area contributed by atoms with Crippen LogP contribution in [0.15, 0.2) is 55.3 Å². The number of amides is 1. The van der Waals surface area contributed by atoms with Crippen LogP contribution in [0.2, 0.25) is 0 Å². The first-order chi connectivity index (χ1) is 19.2. The van der Waals surface area contributed by atoms with E-state index in [-0.39, 0.29) is 11.7 Å². The van der Waals surface area contributed by atoms with Gasteiger partial charge in [-0.15, -0.1) is 10.2 Å². The number of ether oxygens (including phenoxy) is 1. The largest absolute Gasteiger partial charge is 0.494 e. The highest BCUT2D eigenvalue weighted by molar-refractivity contribution is 7.17. The fraction of sp³-hybridized carbons (Fsp3) is 0.250. The van der Waals surface area contributed by atoms with Crippen molar-refractivity contribution >= 4 is 40.3 Å². The van der Waals surface area contributed by atoms with Crippen LogP contribution in [-0.4, -0.2) is 72.3 Å². The average molecular weight is 563 g/mol. The van der Waals surface area contributed by atoms with E-state index >= 15 is 0 Å². The molecule has 0 radical (unpaired) electrons. The van der Waals surface area contributed by atoms with E-state index in [9.17, 15) is 9.18 Å². The Morgan fingerprint density at radius 3 is 2.58 bits per heavy atom. The number of likely N-dealkylation sites (N-methyl/N-ethyl adjacent to an activating group) is 2. The average Bonchev–Trinajstić information content (AvgIpc) is 3.44.